The van der Waals surface area contributed by atoms with Crippen molar-refractivity contribution in [3.63, 3.8) is 0 Å². The van der Waals surface area contributed by atoms with Crippen LogP contribution in [0.2, 0.25) is 0 Å². The van der Waals surface area contributed by atoms with Gasteiger partial charge in [0.2, 0.25) is 17.7 Å². The number of anilines is 1. The highest BCUT2D eigenvalue weighted by Gasteiger charge is 2.29. The van der Waals surface area contributed by atoms with Crippen LogP contribution in [0, 0.1) is 0 Å². The number of aryl methyl sites for hydroxylation is 1. The lowest BCUT2D eigenvalue weighted by Crippen LogP contribution is -2.47. The molecular weight excluding hydrogens is 378 g/mol. The monoisotopic (exact) mass is 403 g/mol. The average molecular weight is 403 g/mol. The first-order valence-electron chi connectivity index (χ1n) is 9.48. The number of β-lactam (4-membered cyclic amide) rings is 1. The molecule has 10 heteroatoms. The van der Waals surface area contributed by atoms with Gasteiger partial charge in [0.1, 0.15) is 0 Å². The Morgan fingerprint density at radius 3 is 2.45 bits per heavy atom. The van der Waals surface area contributed by atoms with Crippen LogP contribution in [0.5, 0.6) is 0 Å². The molecule has 1 saturated heterocycles. The Labute approximate surface area is 168 Å². The molecule has 0 atom stereocenters. The molecule has 1 heterocycles. The van der Waals surface area contributed by atoms with Crippen molar-refractivity contribution >= 4 is 23.4 Å². The van der Waals surface area contributed by atoms with Gasteiger partial charge < -0.3 is 14.8 Å². The van der Waals surface area contributed by atoms with E-state index in [1.165, 1.54) is 4.90 Å². The number of likely N-dealkylation sites (tertiary alicyclic amines) is 1. The molecule has 1 aromatic carbocycles. The van der Waals surface area contributed by atoms with Crippen molar-refractivity contribution in [1.82, 2.24) is 4.90 Å². The van der Waals surface area contributed by atoms with E-state index < -0.39 is 0 Å². The summed E-state index contributed by atoms with van der Waals surface area (Å²) in [6, 6.07) is 7.27. The van der Waals surface area contributed by atoms with Crippen molar-refractivity contribution in [2.45, 2.75) is 25.7 Å². The van der Waals surface area contributed by atoms with Gasteiger partial charge in [-0.1, -0.05) is 17.2 Å². The molecule has 1 N–H and O–H groups in total. The van der Waals surface area contributed by atoms with Crippen molar-refractivity contribution in [3.05, 3.63) is 40.3 Å². The van der Waals surface area contributed by atoms with Crippen LogP contribution in [-0.2, 0) is 30.3 Å². The number of amides is 3. The standard InChI is InChI=1S/C19H25N5O5/c20-23-21-9-12-29-14-13-28-11-8-17(25)22-16-4-1-15(2-5-16)3-6-18(26)24-10-7-19(24)27/h1-2,4-5H,3,6-14H2,(H,22,25). The first kappa shape index (κ1) is 22.4. The predicted molar refractivity (Wildman–Crippen MR) is 105 cm³/mol. The molecular formula is C19H25N5O5. The quantitative estimate of drug-likeness (QED) is 0.177. The van der Waals surface area contributed by atoms with Gasteiger partial charge >= 0.3 is 0 Å². The number of nitrogens with one attached hydrogen (secondary N) is 1. The molecule has 0 saturated carbocycles. The lowest BCUT2D eigenvalue weighted by molar-refractivity contribution is -0.152. The number of carbonyl (C=O) groups excluding carboxylic acids is 3. The average Bonchev–Trinajstić information content (AvgIpc) is 2.71. The zero-order valence-corrected chi connectivity index (χ0v) is 16.2. The summed E-state index contributed by atoms with van der Waals surface area (Å²) in [5.41, 5.74) is 9.74. The summed E-state index contributed by atoms with van der Waals surface area (Å²) < 4.78 is 10.5. The van der Waals surface area contributed by atoms with E-state index in [1.807, 2.05) is 12.1 Å². The van der Waals surface area contributed by atoms with E-state index in [0.29, 0.717) is 51.3 Å². The molecule has 0 spiro atoms. The summed E-state index contributed by atoms with van der Waals surface area (Å²) in [5.74, 6) is -0.400. The second-order valence-corrected chi connectivity index (χ2v) is 6.36. The van der Waals surface area contributed by atoms with Crippen LogP contribution in [0.3, 0.4) is 0 Å². The van der Waals surface area contributed by atoms with Gasteiger partial charge in [0.05, 0.1) is 32.8 Å². The lowest BCUT2D eigenvalue weighted by atomic mass is 10.1. The van der Waals surface area contributed by atoms with E-state index in [1.54, 1.807) is 12.1 Å². The number of ether oxygens (including phenoxy) is 2. The highest BCUT2D eigenvalue weighted by molar-refractivity contribution is 5.99. The van der Waals surface area contributed by atoms with Crippen molar-refractivity contribution in [3.8, 4) is 0 Å². The Bertz CT molecular complexity index is 746. The molecule has 0 aliphatic carbocycles. The third kappa shape index (κ3) is 8.30. The fourth-order valence-electron chi connectivity index (χ4n) is 2.58. The van der Waals surface area contributed by atoms with Gasteiger partial charge in [-0.2, -0.15) is 0 Å². The molecule has 156 valence electrons. The van der Waals surface area contributed by atoms with Crippen LogP contribution in [-0.4, -0.2) is 62.1 Å². The number of imide groups is 1. The van der Waals surface area contributed by atoms with E-state index in [4.69, 9.17) is 15.0 Å². The van der Waals surface area contributed by atoms with Crippen molar-refractivity contribution < 1.29 is 23.9 Å². The number of carbonyl (C=O) groups is 3. The van der Waals surface area contributed by atoms with Crippen LogP contribution in [0.1, 0.15) is 24.8 Å². The van der Waals surface area contributed by atoms with Crippen LogP contribution in [0.15, 0.2) is 29.4 Å². The lowest BCUT2D eigenvalue weighted by Gasteiger charge is -2.28. The third-order valence-electron chi connectivity index (χ3n) is 4.26. The molecule has 10 nitrogen and oxygen atoms in total. The Kier molecular flexibility index (Phi) is 9.64. The summed E-state index contributed by atoms with van der Waals surface area (Å²) in [4.78, 5) is 38.9. The summed E-state index contributed by atoms with van der Waals surface area (Å²) in [6.07, 6.45) is 1.52. The molecule has 0 aromatic heterocycles. The van der Waals surface area contributed by atoms with Crippen LogP contribution in [0.4, 0.5) is 5.69 Å². The summed E-state index contributed by atoms with van der Waals surface area (Å²) in [6.45, 7) is 2.16. The third-order valence-corrected chi connectivity index (χ3v) is 4.26. The second kappa shape index (κ2) is 12.5. The molecule has 1 aliphatic heterocycles. The van der Waals surface area contributed by atoms with Crippen LogP contribution < -0.4 is 5.32 Å². The first-order chi connectivity index (χ1) is 14.1. The zero-order chi connectivity index (χ0) is 20.9. The van der Waals surface area contributed by atoms with E-state index in [0.717, 1.165) is 5.56 Å². The molecule has 0 unspecified atom stereocenters. The SMILES string of the molecule is [N-]=[N+]=NCCOCCOCCC(=O)Nc1ccc(CCC(=O)N2CCC2=O)cc1. The molecule has 1 fully saturated rings. The van der Waals surface area contributed by atoms with Crippen LogP contribution >= 0.6 is 0 Å². The van der Waals surface area contributed by atoms with Crippen LogP contribution in [0.25, 0.3) is 10.4 Å². The topological polar surface area (TPSA) is 134 Å². The zero-order valence-electron chi connectivity index (χ0n) is 16.2. The fraction of sp³-hybridized carbons (Fsp3) is 0.526. The minimum atomic E-state index is -0.159. The first-order valence-corrected chi connectivity index (χ1v) is 9.48. The number of hydrogen-bond donors (Lipinski definition) is 1. The van der Waals surface area contributed by atoms with Gasteiger partial charge in [-0.3, -0.25) is 19.3 Å². The van der Waals surface area contributed by atoms with E-state index in [-0.39, 0.29) is 37.3 Å². The number of benzene rings is 1. The van der Waals surface area contributed by atoms with Gasteiger partial charge in [-0.05, 0) is 29.6 Å². The second-order valence-electron chi connectivity index (χ2n) is 6.36. The fourth-order valence-corrected chi connectivity index (χ4v) is 2.58. The maximum absolute atomic E-state index is 11.9. The Morgan fingerprint density at radius 2 is 1.83 bits per heavy atom. The van der Waals surface area contributed by atoms with E-state index in [2.05, 4.69) is 15.3 Å². The Hall–Kier alpha value is -2.94. The Morgan fingerprint density at radius 1 is 1.10 bits per heavy atom. The molecule has 1 aromatic rings. The number of hydrogen-bond acceptors (Lipinski definition) is 6. The largest absolute Gasteiger partial charge is 0.379 e. The molecule has 1 aliphatic rings. The molecule has 29 heavy (non-hydrogen) atoms. The van der Waals surface area contributed by atoms with Crippen molar-refractivity contribution in [2.75, 3.05) is 44.8 Å². The summed E-state index contributed by atoms with van der Waals surface area (Å²) in [7, 11) is 0. The van der Waals surface area contributed by atoms with Crippen molar-refractivity contribution in [2.24, 2.45) is 5.11 Å². The highest BCUT2D eigenvalue weighted by Crippen LogP contribution is 2.14. The van der Waals surface area contributed by atoms with Gasteiger partial charge in [0, 0.05) is 36.5 Å². The summed E-state index contributed by atoms with van der Waals surface area (Å²) >= 11 is 0. The predicted octanol–water partition coefficient (Wildman–Crippen LogP) is 2.05. The van der Waals surface area contributed by atoms with Gasteiger partial charge in [0.25, 0.3) is 0 Å². The molecule has 0 bridgehead atoms. The van der Waals surface area contributed by atoms with Gasteiger partial charge in [-0.15, -0.1) is 0 Å². The minimum absolute atomic E-state index is 0.102. The normalized spacial score (nSPS) is 12.8. The maximum atomic E-state index is 11.9. The smallest absolute Gasteiger partial charge is 0.230 e. The number of azide groups is 1. The number of nitrogens with zero attached hydrogens (tertiary/aromatic N) is 4. The number of rotatable bonds is 13. The molecule has 3 amide bonds. The molecule has 0 radical (unpaired) electrons. The van der Waals surface area contributed by atoms with E-state index in [9.17, 15) is 14.4 Å². The maximum Gasteiger partial charge on any atom is 0.230 e. The minimum Gasteiger partial charge on any atom is -0.379 e. The van der Waals surface area contributed by atoms with Crippen molar-refractivity contribution in [1.29, 1.82) is 0 Å². The Balaban J connectivity index is 1.56. The van der Waals surface area contributed by atoms with Gasteiger partial charge in [0.15, 0.2) is 0 Å². The highest BCUT2D eigenvalue weighted by atomic mass is 16.5. The molecule has 2 rings (SSSR count). The summed E-state index contributed by atoms with van der Waals surface area (Å²) in [5, 5.41) is 6.13. The van der Waals surface area contributed by atoms with Gasteiger partial charge in [-0.25, -0.2) is 0 Å². The van der Waals surface area contributed by atoms with E-state index >= 15 is 0 Å².